The quantitative estimate of drug-likeness (QED) is 0.0599. The van der Waals surface area contributed by atoms with Gasteiger partial charge in [-0.1, -0.05) is 139 Å². The summed E-state index contributed by atoms with van der Waals surface area (Å²) in [6.07, 6.45) is 4.28. The number of carboxylic acid groups (broad SMARTS) is 1. The number of nitrogens with zero attached hydrogens (tertiary/aromatic N) is 2. The van der Waals surface area contributed by atoms with Crippen LogP contribution in [0.5, 0.6) is 0 Å². The third-order valence-electron chi connectivity index (χ3n) is 12.6. The molecule has 4 atom stereocenters. The average Bonchev–Trinajstić information content (AvgIpc) is 3.35. The summed E-state index contributed by atoms with van der Waals surface area (Å²) < 4.78 is 15.3. The summed E-state index contributed by atoms with van der Waals surface area (Å²) in [5, 5.41) is 9.79. The Morgan fingerprint density at radius 3 is 1.36 bits per heavy atom. The molecule has 6 rings (SSSR count). The van der Waals surface area contributed by atoms with Crippen LogP contribution in [0, 0.1) is 11.8 Å². The number of esters is 1. The predicted molar refractivity (Wildman–Crippen MR) is 276 cm³/mol. The zero-order chi connectivity index (χ0) is 52.1. The Bertz CT molecular complexity index is 2470. The Kier molecular flexibility index (Phi) is 24.6. The monoisotopic (exact) mass is 1050 g/mol. The number of carbonyl (C=O) groups excluding carboxylic acids is 7. The topological polar surface area (TPSA) is 191 Å². The Balaban J connectivity index is 0.000000313. The van der Waals surface area contributed by atoms with Crippen LogP contribution in [0.2, 0.25) is 10.0 Å². The van der Waals surface area contributed by atoms with Crippen molar-refractivity contribution in [1.82, 2.24) is 9.80 Å². The molecular weight excluding hydrogens is 987 g/mol. The number of carbonyl (C=O) groups is 8. The second kappa shape index (κ2) is 29.4. The van der Waals surface area contributed by atoms with E-state index >= 15 is 0 Å². The molecule has 17 heteroatoms. The Morgan fingerprint density at radius 2 is 0.972 bits per heavy atom. The fourth-order valence-electron chi connectivity index (χ4n) is 9.04. The van der Waals surface area contributed by atoms with Crippen LogP contribution in [0.15, 0.2) is 109 Å². The fraction of sp³-hybridized carbons (Fsp3) is 0.418. The minimum Gasteiger partial charge on any atom is -0.481 e. The first-order chi connectivity index (χ1) is 33.9. The van der Waals surface area contributed by atoms with Crippen molar-refractivity contribution < 1.29 is 57.7 Å². The molecule has 0 heterocycles. The molecule has 0 radical (unpaired) electrons. The van der Waals surface area contributed by atoms with Crippen LogP contribution < -0.4 is 0 Å². The van der Waals surface area contributed by atoms with Crippen molar-refractivity contribution in [3.63, 3.8) is 0 Å². The standard InChI is InChI=1S/C27H30ClNO6.C15H17Cl2NO3.C12H14O3.CH4/c1-19(30)16-21(17-20-10-4-3-5-11-20)25(32)34-18-35-26(33)29(2)27(15-9-8-14-24(27)31)22-12-6-7-13-23(22)28;1-18(14(20)21-10-16)15(9-5-4-8-13(15)19)11-6-2-3-7-12(11)17;1-9(13)7-11(12(14)15)8-10-5-3-2-4-6-10;/h3-7,10-13,21H,8-9,14-18H2,1-2H3;2-3,6-7H,4-5,8-10H2,1H3;2-6,11H,7-8H2,1H3,(H,14,15);1H4/t21-,27-;15-;11-;/m000./s1. The van der Waals surface area contributed by atoms with E-state index in [4.69, 9.17) is 54.1 Å². The van der Waals surface area contributed by atoms with Crippen molar-refractivity contribution in [2.24, 2.45) is 11.8 Å². The van der Waals surface area contributed by atoms with Crippen LogP contribution in [0.1, 0.15) is 108 Å². The Hall–Kier alpha value is -6.09. The number of carboxylic acids is 1. The molecule has 4 aromatic carbocycles. The largest absolute Gasteiger partial charge is 0.481 e. The summed E-state index contributed by atoms with van der Waals surface area (Å²) in [5.74, 6) is -3.20. The van der Waals surface area contributed by atoms with Gasteiger partial charge in [0.1, 0.15) is 22.6 Å². The number of halogens is 3. The molecule has 2 fully saturated rings. The number of alkyl halides is 1. The van der Waals surface area contributed by atoms with Gasteiger partial charge in [0.15, 0.2) is 17.6 Å². The van der Waals surface area contributed by atoms with Gasteiger partial charge in [0, 0.05) is 61.0 Å². The SMILES string of the molecule is C.CC(=O)C[C@@H](Cc1ccccc1)C(=O)O.CC(=O)C[C@@H](Cc1ccccc1)C(=O)OCOC(=O)N(C)[C@]1(c2ccccc2Cl)CCCCC1=O.CN(C(=O)OCCl)[C@]1(c2ccccc2Cl)CCCCC1=O. The summed E-state index contributed by atoms with van der Waals surface area (Å²) in [4.78, 5) is 99.6. The molecule has 0 spiro atoms. The summed E-state index contributed by atoms with van der Waals surface area (Å²) in [6.45, 7) is 2.20. The summed E-state index contributed by atoms with van der Waals surface area (Å²) in [7, 11) is 3.05. The van der Waals surface area contributed by atoms with Crippen LogP contribution in [-0.4, -0.2) is 89.1 Å². The molecule has 2 aliphatic rings. The summed E-state index contributed by atoms with van der Waals surface area (Å²) in [6, 6.07) is 32.5. The number of aliphatic carboxylic acids is 1. The fourth-order valence-corrected chi connectivity index (χ4v) is 9.72. The summed E-state index contributed by atoms with van der Waals surface area (Å²) in [5.41, 5.74) is 0.718. The molecule has 1 N–H and O–H groups in total. The van der Waals surface area contributed by atoms with Gasteiger partial charge in [-0.2, -0.15) is 0 Å². The first-order valence-electron chi connectivity index (χ1n) is 23.3. The molecule has 0 aromatic heterocycles. The van der Waals surface area contributed by atoms with Crippen LogP contribution in [-0.2, 0) is 66.9 Å². The maximum Gasteiger partial charge on any atom is 0.413 e. The molecule has 0 unspecified atom stereocenters. The van der Waals surface area contributed by atoms with E-state index in [0.717, 1.165) is 36.8 Å². The number of Topliss-reactive ketones (excluding diaryl/α,β-unsaturated/α-hetero) is 4. The normalized spacial score (nSPS) is 17.9. The van der Waals surface area contributed by atoms with Crippen molar-refractivity contribution in [3.8, 4) is 0 Å². The molecule has 0 aliphatic heterocycles. The van der Waals surface area contributed by atoms with E-state index in [9.17, 15) is 38.4 Å². The highest BCUT2D eigenvalue weighted by atomic mass is 35.5. The number of hydrogen-bond donors (Lipinski definition) is 1. The van der Waals surface area contributed by atoms with Crippen molar-refractivity contribution in [1.29, 1.82) is 0 Å². The zero-order valence-corrected chi connectivity index (χ0v) is 42.7. The van der Waals surface area contributed by atoms with E-state index in [1.165, 1.54) is 30.7 Å². The molecule has 4 aromatic rings. The van der Waals surface area contributed by atoms with Crippen LogP contribution in [0.3, 0.4) is 0 Å². The Labute approximate surface area is 437 Å². The molecule has 72 heavy (non-hydrogen) atoms. The molecule has 388 valence electrons. The van der Waals surface area contributed by atoms with Gasteiger partial charge in [-0.15, -0.1) is 0 Å². The average molecular weight is 1050 g/mol. The number of rotatable bonds is 17. The van der Waals surface area contributed by atoms with Gasteiger partial charge in [0.25, 0.3) is 0 Å². The highest BCUT2D eigenvalue weighted by Crippen LogP contribution is 2.44. The van der Waals surface area contributed by atoms with Gasteiger partial charge in [0.2, 0.25) is 6.79 Å². The predicted octanol–water partition coefficient (Wildman–Crippen LogP) is 11.6. The van der Waals surface area contributed by atoms with Gasteiger partial charge >= 0.3 is 24.1 Å². The number of hydrogen-bond acceptors (Lipinski definition) is 11. The first-order valence-corrected chi connectivity index (χ1v) is 24.6. The lowest BCUT2D eigenvalue weighted by Gasteiger charge is -2.43. The van der Waals surface area contributed by atoms with E-state index < -0.39 is 53.8 Å². The number of likely N-dealkylation sites (N-methyl/N-ethyl adjacent to an activating group) is 2. The van der Waals surface area contributed by atoms with Gasteiger partial charge in [-0.3, -0.25) is 29.0 Å². The van der Waals surface area contributed by atoms with E-state index in [0.29, 0.717) is 59.7 Å². The van der Waals surface area contributed by atoms with Crippen molar-refractivity contribution in [3.05, 3.63) is 141 Å². The van der Waals surface area contributed by atoms with Crippen molar-refractivity contribution in [2.75, 3.05) is 27.0 Å². The smallest absolute Gasteiger partial charge is 0.413 e. The molecule has 2 aliphatic carbocycles. The molecule has 2 saturated carbocycles. The number of ether oxygens (including phenoxy) is 3. The third kappa shape index (κ3) is 16.2. The maximum absolute atomic E-state index is 13.1. The van der Waals surface area contributed by atoms with E-state index in [1.54, 1.807) is 49.5 Å². The maximum atomic E-state index is 13.1. The van der Waals surface area contributed by atoms with Gasteiger partial charge in [-0.25, -0.2) is 9.59 Å². The molecule has 14 nitrogen and oxygen atoms in total. The summed E-state index contributed by atoms with van der Waals surface area (Å²) >= 11 is 18.2. The second-order valence-electron chi connectivity index (χ2n) is 17.5. The van der Waals surface area contributed by atoms with Gasteiger partial charge in [-0.05, 0) is 88.5 Å². The zero-order valence-electron chi connectivity index (χ0n) is 40.4. The molecule has 0 saturated heterocycles. The molecular formula is C55H65Cl3N2O12. The van der Waals surface area contributed by atoms with Crippen LogP contribution in [0.4, 0.5) is 9.59 Å². The lowest BCUT2D eigenvalue weighted by Crippen LogP contribution is -2.54. The minimum atomic E-state index is -1.25. The highest BCUT2D eigenvalue weighted by molar-refractivity contribution is 6.32. The minimum absolute atomic E-state index is 0. The Morgan fingerprint density at radius 1 is 0.583 bits per heavy atom. The van der Waals surface area contributed by atoms with Gasteiger partial charge < -0.3 is 28.9 Å². The lowest BCUT2D eigenvalue weighted by molar-refractivity contribution is -0.159. The number of benzene rings is 4. The van der Waals surface area contributed by atoms with Crippen molar-refractivity contribution >= 4 is 82.1 Å². The van der Waals surface area contributed by atoms with Crippen molar-refractivity contribution in [2.45, 2.75) is 109 Å². The van der Waals surface area contributed by atoms with Crippen LogP contribution in [0.25, 0.3) is 0 Å². The second-order valence-corrected chi connectivity index (χ2v) is 18.5. The van der Waals surface area contributed by atoms with E-state index in [2.05, 4.69) is 0 Å². The first kappa shape index (κ1) is 60.2. The molecule has 0 bridgehead atoms. The van der Waals surface area contributed by atoms with E-state index in [1.807, 2.05) is 66.7 Å². The number of ketones is 4. The third-order valence-corrected chi connectivity index (χ3v) is 13.4. The van der Waals surface area contributed by atoms with Crippen LogP contribution >= 0.6 is 34.8 Å². The lowest BCUT2D eigenvalue weighted by atomic mass is 9.74. The number of amides is 2. The van der Waals surface area contributed by atoms with Gasteiger partial charge in [0.05, 0.1) is 11.8 Å². The van der Waals surface area contributed by atoms with E-state index in [-0.39, 0.29) is 49.5 Å². The highest BCUT2D eigenvalue weighted by Gasteiger charge is 2.50. The molecule has 2 amide bonds.